The van der Waals surface area contributed by atoms with Crippen LogP contribution in [0, 0.1) is 48.1 Å². The molecule has 0 saturated heterocycles. The summed E-state index contributed by atoms with van der Waals surface area (Å²) >= 11 is 0. The number of nitrogens with zero attached hydrogens (tertiary/aromatic N) is 3. The van der Waals surface area contributed by atoms with Gasteiger partial charge in [-0.25, -0.2) is 4.85 Å². The van der Waals surface area contributed by atoms with E-state index in [0.717, 1.165) is 88.4 Å². The first-order chi connectivity index (χ1) is 30.2. The van der Waals surface area contributed by atoms with Gasteiger partial charge in [-0.2, -0.15) is 0 Å². The summed E-state index contributed by atoms with van der Waals surface area (Å²) in [6, 6.07) is 54.0. The number of benzene rings is 9. The molecule has 0 bridgehead atoms. The molecule has 2 heterocycles. The van der Waals surface area contributed by atoms with E-state index < -0.39 is 0 Å². The fourth-order valence-corrected chi connectivity index (χ4v) is 9.41. The Balaban J connectivity index is 1.09. The van der Waals surface area contributed by atoms with Gasteiger partial charge < -0.3 is 18.6 Å². The van der Waals surface area contributed by atoms with E-state index in [-0.39, 0.29) is 0 Å². The van der Waals surface area contributed by atoms with Crippen molar-refractivity contribution in [3.05, 3.63) is 196 Å². The summed E-state index contributed by atoms with van der Waals surface area (Å²) in [5.41, 5.74) is 17.3. The van der Waals surface area contributed by atoms with Gasteiger partial charge in [0, 0.05) is 55.7 Å². The minimum absolute atomic E-state index is 0.433. The average molecular weight is 802 g/mol. The van der Waals surface area contributed by atoms with Crippen LogP contribution in [-0.4, -0.2) is 0 Å². The van der Waals surface area contributed by atoms with Crippen LogP contribution in [-0.2, 0) is 0 Å². The third kappa shape index (κ3) is 5.75. The molecule has 298 valence electrons. The summed E-state index contributed by atoms with van der Waals surface area (Å²) in [6.45, 7) is 21.3. The van der Waals surface area contributed by atoms with E-state index >= 15 is 0 Å². The molecule has 5 heteroatoms. The van der Waals surface area contributed by atoms with Gasteiger partial charge in [0.1, 0.15) is 22.3 Å². The second-order valence-corrected chi connectivity index (χ2v) is 16.7. The lowest BCUT2D eigenvalue weighted by Crippen LogP contribution is -2.13. The van der Waals surface area contributed by atoms with Gasteiger partial charge in [0.05, 0.1) is 6.57 Å². The second kappa shape index (κ2) is 14.1. The molecule has 0 aliphatic rings. The number of furan rings is 2. The molecular weight excluding hydrogens is 759 g/mol. The molecule has 0 fully saturated rings. The van der Waals surface area contributed by atoms with Crippen molar-refractivity contribution in [2.45, 2.75) is 41.5 Å². The van der Waals surface area contributed by atoms with E-state index in [9.17, 15) is 0 Å². The lowest BCUT2D eigenvalue weighted by molar-refractivity contribution is 0.665. The highest BCUT2D eigenvalue weighted by Gasteiger charge is 2.23. The van der Waals surface area contributed by atoms with Crippen molar-refractivity contribution >= 4 is 105 Å². The Bertz CT molecular complexity index is 3690. The van der Waals surface area contributed by atoms with E-state index in [2.05, 4.69) is 202 Å². The van der Waals surface area contributed by atoms with Crippen LogP contribution >= 0.6 is 0 Å². The van der Waals surface area contributed by atoms with Gasteiger partial charge in [0.15, 0.2) is 0 Å². The summed E-state index contributed by atoms with van der Waals surface area (Å²) in [5.74, 6) is 0. The Kier molecular flexibility index (Phi) is 8.49. The maximum Gasteiger partial charge on any atom is 0.233 e. The van der Waals surface area contributed by atoms with E-state index in [4.69, 9.17) is 15.4 Å². The molecule has 11 rings (SSSR count). The molecule has 0 unspecified atom stereocenters. The number of aryl methyl sites for hydroxylation is 4. The molecule has 2 aromatic heterocycles. The predicted molar refractivity (Wildman–Crippen MR) is 260 cm³/mol. The molecule has 0 radical (unpaired) electrons. The quantitative estimate of drug-likeness (QED) is 0.157. The molecule has 0 spiro atoms. The highest BCUT2D eigenvalue weighted by molar-refractivity contribution is 6.30. The smallest absolute Gasteiger partial charge is 0.233 e. The second-order valence-electron chi connectivity index (χ2n) is 16.7. The molecule has 0 aliphatic heterocycles. The van der Waals surface area contributed by atoms with Crippen LogP contribution in [0.5, 0.6) is 0 Å². The first kappa shape index (κ1) is 37.2. The van der Waals surface area contributed by atoms with E-state index in [1.54, 1.807) is 0 Å². The van der Waals surface area contributed by atoms with Crippen LogP contribution in [0.1, 0.15) is 33.4 Å². The number of fused-ring (bicyclic) bond motifs is 9. The van der Waals surface area contributed by atoms with Crippen molar-refractivity contribution in [1.82, 2.24) is 0 Å². The molecule has 5 nitrogen and oxygen atoms in total. The third-order valence-electron chi connectivity index (χ3n) is 13.0. The standard InChI is InChI=1S/C57H43N3O2/c1-33-16-12-20-50(37(33)5)59(48-18-10-8-14-35(48)3)43-24-22-39-28-45-52(30-41(39)26-43)61-54-32-47(58-7)57-56(55(45)54)46-29-40-23-25-44(27-42(40)31-53(46)62-57)60(49-19-11-9-15-36(49)4)51-21-13-17-34(2)38(51)6/h8-32H,1-6H3. The fourth-order valence-electron chi connectivity index (χ4n) is 9.41. The third-order valence-corrected chi connectivity index (χ3v) is 13.0. The van der Waals surface area contributed by atoms with Crippen LogP contribution in [0.2, 0.25) is 0 Å². The monoisotopic (exact) mass is 801 g/mol. The first-order valence-electron chi connectivity index (χ1n) is 21.1. The molecule has 0 amide bonds. The number of rotatable bonds is 6. The highest BCUT2D eigenvalue weighted by atomic mass is 16.3. The molecule has 11 aromatic rings. The Hall–Kier alpha value is -7.81. The summed E-state index contributed by atoms with van der Waals surface area (Å²) in [7, 11) is 0. The highest BCUT2D eigenvalue weighted by Crippen LogP contribution is 2.48. The van der Waals surface area contributed by atoms with Gasteiger partial charge in [0.25, 0.3) is 0 Å². The van der Waals surface area contributed by atoms with Crippen LogP contribution in [0.25, 0.3) is 70.3 Å². The largest absolute Gasteiger partial charge is 0.467 e. The van der Waals surface area contributed by atoms with Crippen molar-refractivity contribution in [1.29, 1.82) is 0 Å². The minimum Gasteiger partial charge on any atom is -0.467 e. The van der Waals surface area contributed by atoms with Gasteiger partial charge >= 0.3 is 0 Å². The van der Waals surface area contributed by atoms with Crippen molar-refractivity contribution in [3.8, 4) is 0 Å². The molecule has 62 heavy (non-hydrogen) atoms. The molecule has 0 saturated carbocycles. The van der Waals surface area contributed by atoms with E-state index in [1.165, 1.54) is 33.4 Å². The Morgan fingerprint density at radius 1 is 0.403 bits per heavy atom. The van der Waals surface area contributed by atoms with Crippen LogP contribution in [0.15, 0.2) is 160 Å². The zero-order valence-corrected chi connectivity index (χ0v) is 35.6. The molecule has 9 aromatic carbocycles. The Labute approximate surface area is 360 Å². The predicted octanol–water partition coefficient (Wildman–Crippen LogP) is 17.1. The fraction of sp³-hybridized carbons (Fsp3) is 0.105. The molecule has 0 atom stereocenters. The zero-order chi connectivity index (χ0) is 42.4. The number of hydrogen-bond acceptors (Lipinski definition) is 4. The first-order valence-corrected chi connectivity index (χ1v) is 21.1. The van der Waals surface area contributed by atoms with Crippen molar-refractivity contribution < 1.29 is 8.83 Å². The topological polar surface area (TPSA) is 37.1 Å². The van der Waals surface area contributed by atoms with Gasteiger partial charge in [-0.3, -0.25) is 0 Å². The van der Waals surface area contributed by atoms with Gasteiger partial charge in [-0.15, -0.1) is 0 Å². The normalized spacial score (nSPS) is 11.7. The summed E-state index contributed by atoms with van der Waals surface area (Å²) in [6.07, 6.45) is 0. The van der Waals surface area contributed by atoms with Crippen molar-refractivity contribution in [2.75, 3.05) is 9.80 Å². The lowest BCUT2D eigenvalue weighted by Gasteiger charge is -2.29. The number of hydrogen-bond donors (Lipinski definition) is 0. The van der Waals surface area contributed by atoms with Crippen molar-refractivity contribution in [3.63, 3.8) is 0 Å². The maximum absolute atomic E-state index is 8.22. The maximum atomic E-state index is 8.22. The lowest BCUT2D eigenvalue weighted by atomic mass is 9.99. The van der Waals surface area contributed by atoms with Gasteiger partial charge in [-0.05, 0) is 175 Å². The van der Waals surface area contributed by atoms with E-state index in [0.29, 0.717) is 16.9 Å². The minimum atomic E-state index is 0.433. The van der Waals surface area contributed by atoms with Crippen molar-refractivity contribution in [2.24, 2.45) is 0 Å². The zero-order valence-electron chi connectivity index (χ0n) is 35.6. The Morgan fingerprint density at radius 3 is 1.39 bits per heavy atom. The molecular formula is C57H43N3O2. The van der Waals surface area contributed by atoms with Gasteiger partial charge in [-0.1, -0.05) is 72.8 Å². The molecule has 0 aliphatic carbocycles. The number of anilines is 6. The summed E-state index contributed by atoms with van der Waals surface area (Å²) < 4.78 is 13.4. The van der Waals surface area contributed by atoms with Crippen LogP contribution in [0.3, 0.4) is 0 Å². The van der Waals surface area contributed by atoms with Crippen LogP contribution < -0.4 is 9.80 Å². The van der Waals surface area contributed by atoms with Crippen LogP contribution in [0.4, 0.5) is 39.8 Å². The summed E-state index contributed by atoms with van der Waals surface area (Å²) in [5, 5.41) is 8.13. The average Bonchev–Trinajstić information content (AvgIpc) is 3.82. The number of para-hydroxylation sites is 2. The summed E-state index contributed by atoms with van der Waals surface area (Å²) in [4.78, 5) is 8.68. The Morgan fingerprint density at radius 2 is 0.871 bits per heavy atom. The SMILES string of the molecule is [C-]#[N+]c1cc2oc3cc4cc(N(c5ccccc5C)c5cccc(C)c5C)ccc4cc3c2c2c1oc1cc3cc(N(c4ccccc4C)c4cccc(C)c4C)ccc3cc12. The van der Waals surface area contributed by atoms with E-state index in [1.807, 2.05) is 6.07 Å². The van der Waals surface area contributed by atoms with Gasteiger partial charge in [0.2, 0.25) is 5.69 Å². The molecule has 0 N–H and O–H groups in total.